The first-order chi connectivity index (χ1) is 11.9. The molecule has 0 aliphatic heterocycles. The first-order valence-electron chi connectivity index (χ1n) is 6.99. The summed E-state index contributed by atoms with van der Waals surface area (Å²) in [6.45, 7) is 0. The van der Waals surface area contributed by atoms with Crippen LogP contribution >= 0.6 is 0 Å². The number of rotatable bonds is 3. The molecule has 0 radical (unpaired) electrons. The van der Waals surface area contributed by atoms with E-state index in [0.717, 1.165) is 0 Å². The summed E-state index contributed by atoms with van der Waals surface area (Å²) in [6, 6.07) is 12.1. The summed E-state index contributed by atoms with van der Waals surface area (Å²) in [7, 11) is 0. The summed E-state index contributed by atoms with van der Waals surface area (Å²) in [5.74, 6) is -1.13. The smallest absolute Gasteiger partial charge is 0.284 e. The van der Waals surface area contributed by atoms with Gasteiger partial charge in [-0.15, -0.1) is 0 Å². The summed E-state index contributed by atoms with van der Waals surface area (Å²) < 4.78 is 0. The molecular weight excluding hydrogens is 324 g/mol. The number of aromatic amines is 2. The van der Waals surface area contributed by atoms with Gasteiger partial charge in [0.15, 0.2) is 5.82 Å². The number of carbonyl (C=O) groups is 3. The molecule has 9 nitrogen and oxygen atoms in total. The van der Waals surface area contributed by atoms with Crippen LogP contribution in [-0.2, 0) is 0 Å². The van der Waals surface area contributed by atoms with Crippen molar-refractivity contribution in [3.05, 3.63) is 78.1 Å². The molecule has 8 N–H and O–H groups in total. The monoisotopic (exact) mass is 342 g/mol. The van der Waals surface area contributed by atoms with Crippen LogP contribution in [0.5, 0.6) is 0 Å². The summed E-state index contributed by atoms with van der Waals surface area (Å²) >= 11 is 0. The maximum atomic E-state index is 10.4. The van der Waals surface area contributed by atoms with Gasteiger partial charge in [0.05, 0.1) is 0 Å². The van der Waals surface area contributed by atoms with Crippen molar-refractivity contribution in [2.75, 3.05) is 0 Å². The fourth-order valence-electron chi connectivity index (χ4n) is 1.49. The van der Waals surface area contributed by atoms with Gasteiger partial charge in [0, 0.05) is 24.2 Å². The Balaban J connectivity index is 0.000000188. The lowest BCUT2D eigenvalue weighted by atomic mass is 10.2. The number of hydrogen-bond acceptors (Lipinski definition) is 4. The predicted octanol–water partition coefficient (Wildman–Crippen LogP) is 0.408. The number of primary amides is 3. The van der Waals surface area contributed by atoms with Gasteiger partial charge < -0.3 is 27.2 Å². The molecule has 25 heavy (non-hydrogen) atoms. The maximum Gasteiger partial charge on any atom is 0.284 e. The van der Waals surface area contributed by atoms with Crippen molar-refractivity contribution in [3.63, 3.8) is 0 Å². The molecule has 0 saturated carbocycles. The molecule has 0 spiro atoms. The first-order valence-corrected chi connectivity index (χ1v) is 6.99. The van der Waals surface area contributed by atoms with Crippen LogP contribution in [0, 0.1) is 0 Å². The van der Waals surface area contributed by atoms with Crippen molar-refractivity contribution in [3.8, 4) is 0 Å². The zero-order valence-electron chi connectivity index (χ0n) is 13.2. The van der Waals surface area contributed by atoms with Gasteiger partial charge in [0.2, 0.25) is 5.91 Å². The highest BCUT2D eigenvalue weighted by Gasteiger charge is 1.98. The number of imidazole rings is 1. The van der Waals surface area contributed by atoms with Crippen LogP contribution in [0.2, 0.25) is 0 Å². The Bertz CT molecular complexity index is 738. The fraction of sp³-hybridized carbons (Fsp3) is 0. The number of aromatic nitrogens is 3. The standard InChI is InChI=1S/C7H7NO.C5H6N2O.C4H5N3O/c8-7(9)6-4-2-1-3-5-6;6-5(8)4-2-1-3-7-4;5-3(8)4-6-1-2-7-4/h1-5H,(H2,8,9);1-3,7H,(H2,6,8);1-2H,(H2,5,8)(H,6,7). The molecule has 0 bridgehead atoms. The number of nitrogens with zero attached hydrogens (tertiary/aromatic N) is 1. The van der Waals surface area contributed by atoms with Crippen LogP contribution in [0.25, 0.3) is 0 Å². The topological polar surface area (TPSA) is 174 Å². The highest BCUT2D eigenvalue weighted by atomic mass is 16.2. The van der Waals surface area contributed by atoms with Crippen LogP contribution in [0.1, 0.15) is 31.5 Å². The summed E-state index contributed by atoms with van der Waals surface area (Å²) in [5, 5.41) is 0. The minimum absolute atomic E-state index is 0.199. The zero-order chi connectivity index (χ0) is 18.7. The van der Waals surface area contributed by atoms with Gasteiger partial charge in [-0.2, -0.15) is 0 Å². The van der Waals surface area contributed by atoms with E-state index in [9.17, 15) is 14.4 Å². The third-order valence-electron chi connectivity index (χ3n) is 2.65. The predicted molar refractivity (Wildman–Crippen MR) is 91.4 cm³/mol. The molecule has 2 heterocycles. The lowest BCUT2D eigenvalue weighted by Crippen LogP contribution is -2.12. The number of carbonyl (C=O) groups excluding carboxylic acids is 3. The molecule has 0 aliphatic rings. The third-order valence-corrected chi connectivity index (χ3v) is 2.65. The second kappa shape index (κ2) is 10.0. The van der Waals surface area contributed by atoms with Gasteiger partial charge in [0.1, 0.15) is 5.69 Å². The number of benzene rings is 1. The van der Waals surface area contributed by atoms with Crippen molar-refractivity contribution in [1.29, 1.82) is 0 Å². The highest BCUT2D eigenvalue weighted by molar-refractivity contribution is 5.92. The van der Waals surface area contributed by atoms with E-state index in [1.165, 1.54) is 6.20 Å². The van der Waals surface area contributed by atoms with E-state index in [4.69, 9.17) is 17.2 Å². The quantitative estimate of drug-likeness (QED) is 0.463. The molecule has 0 atom stereocenters. The van der Waals surface area contributed by atoms with Gasteiger partial charge >= 0.3 is 0 Å². The Kier molecular flexibility index (Phi) is 7.67. The van der Waals surface area contributed by atoms with Gasteiger partial charge in [-0.05, 0) is 24.3 Å². The van der Waals surface area contributed by atoms with Crippen molar-refractivity contribution in [1.82, 2.24) is 15.0 Å². The molecule has 0 saturated heterocycles. The SMILES string of the molecule is NC(=O)c1ccc[nH]1.NC(=O)c1ccccc1.NC(=O)c1ncc[nH]1. The Morgan fingerprint density at radius 2 is 1.44 bits per heavy atom. The summed E-state index contributed by atoms with van der Waals surface area (Å²) in [5.41, 5.74) is 15.7. The number of H-pyrrole nitrogens is 2. The molecular formula is C16H18N6O3. The minimum atomic E-state index is -0.532. The first kappa shape index (κ1) is 19.2. The van der Waals surface area contributed by atoms with Crippen LogP contribution in [0.3, 0.4) is 0 Å². The summed E-state index contributed by atoms with van der Waals surface area (Å²) in [4.78, 5) is 39.7. The normalized spacial score (nSPS) is 8.96. The molecule has 0 unspecified atom stereocenters. The Labute approximate surface area is 143 Å². The Morgan fingerprint density at radius 3 is 1.72 bits per heavy atom. The van der Waals surface area contributed by atoms with Crippen LogP contribution in [-0.4, -0.2) is 32.7 Å². The average Bonchev–Trinajstić information content (AvgIpc) is 3.30. The lowest BCUT2D eigenvalue weighted by molar-refractivity contribution is 0.0985. The number of amides is 3. The van der Waals surface area contributed by atoms with Gasteiger partial charge in [-0.3, -0.25) is 14.4 Å². The van der Waals surface area contributed by atoms with E-state index >= 15 is 0 Å². The largest absolute Gasteiger partial charge is 0.366 e. The average molecular weight is 342 g/mol. The van der Waals surface area contributed by atoms with Crippen molar-refractivity contribution in [2.45, 2.75) is 0 Å². The van der Waals surface area contributed by atoms with Crippen LogP contribution in [0.4, 0.5) is 0 Å². The second-order valence-electron chi connectivity index (χ2n) is 4.48. The third kappa shape index (κ3) is 7.28. The maximum absolute atomic E-state index is 10.4. The molecule has 130 valence electrons. The van der Waals surface area contributed by atoms with E-state index < -0.39 is 11.8 Å². The molecule has 3 aromatic rings. The van der Waals surface area contributed by atoms with Crippen molar-refractivity contribution >= 4 is 17.7 Å². The number of hydrogen-bond donors (Lipinski definition) is 5. The molecule has 3 amide bonds. The molecule has 2 aromatic heterocycles. The Morgan fingerprint density at radius 1 is 0.760 bits per heavy atom. The highest BCUT2D eigenvalue weighted by Crippen LogP contribution is 1.94. The van der Waals surface area contributed by atoms with Crippen LogP contribution < -0.4 is 17.2 Å². The van der Waals surface area contributed by atoms with Gasteiger partial charge in [-0.1, -0.05) is 18.2 Å². The fourth-order valence-corrected chi connectivity index (χ4v) is 1.49. The van der Waals surface area contributed by atoms with Gasteiger partial charge in [-0.25, -0.2) is 4.98 Å². The van der Waals surface area contributed by atoms with E-state index in [-0.39, 0.29) is 11.7 Å². The Hall–Kier alpha value is -3.88. The molecule has 3 rings (SSSR count). The zero-order valence-corrected chi connectivity index (χ0v) is 13.2. The lowest BCUT2D eigenvalue weighted by Gasteiger charge is -1.89. The van der Waals surface area contributed by atoms with E-state index in [1.807, 2.05) is 6.07 Å². The molecule has 1 aromatic carbocycles. The van der Waals surface area contributed by atoms with E-state index in [2.05, 4.69) is 15.0 Å². The molecule has 9 heteroatoms. The number of nitrogens with two attached hydrogens (primary N) is 3. The van der Waals surface area contributed by atoms with Gasteiger partial charge in [0.25, 0.3) is 11.8 Å². The van der Waals surface area contributed by atoms with Crippen molar-refractivity contribution in [2.24, 2.45) is 17.2 Å². The molecule has 0 aliphatic carbocycles. The second-order valence-corrected chi connectivity index (χ2v) is 4.48. The molecule has 0 fully saturated rings. The van der Waals surface area contributed by atoms with Crippen LogP contribution in [0.15, 0.2) is 61.1 Å². The van der Waals surface area contributed by atoms with E-state index in [1.54, 1.807) is 48.8 Å². The van der Waals surface area contributed by atoms with E-state index in [0.29, 0.717) is 11.3 Å². The minimum Gasteiger partial charge on any atom is -0.366 e. The van der Waals surface area contributed by atoms with Crippen molar-refractivity contribution < 1.29 is 14.4 Å². The number of nitrogens with one attached hydrogen (secondary N) is 2. The summed E-state index contributed by atoms with van der Waals surface area (Å²) in [6.07, 6.45) is 4.67.